The van der Waals surface area contributed by atoms with Gasteiger partial charge in [-0.1, -0.05) is 6.07 Å². The number of nitrogens with two attached hydrogens (primary N) is 1. The second kappa shape index (κ2) is 3.85. The van der Waals surface area contributed by atoms with Crippen molar-refractivity contribution < 1.29 is 4.39 Å². The molecule has 0 saturated carbocycles. The number of thiophene rings is 1. The molecule has 5 heteroatoms. The molecular weight excluding hydrogens is 237 g/mol. The number of anilines is 1. The van der Waals surface area contributed by atoms with Crippen molar-refractivity contribution in [1.82, 2.24) is 9.55 Å². The molecule has 2 aromatic heterocycles. The molecule has 86 valence electrons. The second-order valence-corrected chi connectivity index (χ2v) is 4.80. The average Bonchev–Trinajstić information content (AvgIpc) is 2.88. The molecule has 3 nitrogen and oxygen atoms in total. The standard InChI is InChI=1S/C12H10FN3S/c13-8-3-4-11-10(6-8)15-12(14)16(11)7-9-2-1-5-17-9/h1-6H,7H2,(H2,14,15). The normalized spacial score (nSPS) is 11.1. The molecule has 0 saturated heterocycles. The summed E-state index contributed by atoms with van der Waals surface area (Å²) in [6.07, 6.45) is 0. The van der Waals surface area contributed by atoms with E-state index in [-0.39, 0.29) is 5.82 Å². The highest BCUT2D eigenvalue weighted by Gasteiger charge is 2.09. The van der Waals surface area contributed by atoms with E-state index in [1.165, 1.54) is 17.0 Å². The van der Waals surface area contributed by atoms with Crippen LogP contribution in [0.15, 0.2) is 35.7 Å². The van der Waals surface area contributed by atoms with Crippen LogP contribution in [0.3, 0.4) is 0 Å². The first-order valence-electron chi connectivity index (χ1n) is 5.18. The fourth-order valence-electron chi connectivity index (χ4n) is 1.85. The first-order chi connectivity index (χ1) is 8.24. The van der Waals surface area contributed by atoms with Crippen LogP contribution in [0.25, 0.3) is 11.0 Å². The van der Waals surface area contributed by atoms with Crippen LogP contribution in [0.1, 0.15) is 4.88 Å². The molecule has 1 aromatic carbocycles. The number of benzene rings is 1. The van der Waals surface area contributed by atoms with E-state index in [0.717, 1.165) is 5.52 Å². The predicted molar refractivity (Wildman–Crippen MR) is 67.5 cm³/mol. The van der Waals surface area contributed by atoms with Gasteiger partial charge in [0, 0.05) is 10.9 Å². The van der Waals surface area contributed by atoms with Gasteiger partial charge in [-0.3, -0.25) is 0 Å². The predicted octanol–water partition coefficient (Wildman–Crippen LogP) is 2.87. The molecule has 0 aliphatic rings. The van der Waals surface area contributed by atoms with Gasteiger partial charge in [-0.05, 0) is 23.6 Å². The molecule has 0 bridgehead atoms. The van der Waals surface area contributed by atoms with Crippen molar-refractivity contribution in [3.8, 4) is 0 Å². The lowest BCUT2D eigenvalue weighted by Crippen LogP contribution is -2.03. The summed E-state index contributed by atoms with van der Waals surface area (Å²) in [4.78, 5) is 5.35. The highest BCUT2D eigenvalue weighted by Crippen LogP contribution is 2.21. The fourth-order valence-corrected chi connectivity index (χ4v) is 2.54. The molecule has 3 aromatic rings. The number of hydrogen-bond acceptors (Lipinski definition) is 3. The summed E-state index contributed by atoms with van der Waals surface area (Å²) in [5.74, 6) is 0.122. The third kappa shape index (κ3) is 1.78. The number of halogens is 1. The van der Waals surface area contributed by atoms with Crippen LogP contribution < -0.4 is 5.73 Å². The third-order valence-corrected chi connectivity index (χ3v) is 3.50. The van der Waals surface area contributed by atoms with Crippen molar-refractivity contribution in [3.05, 3.63) is 46.4 Å². The fraction of sp³-hybridized carbons (Fsp3) is 0.0833. The summed E-state index contributed by atoms with van der Waals surface area (Å²) in [5, 5.41) is 2.02. The van der Waals surface area contributed by atoms with Crippen LogP contribution in [0.5, 0.6) is 0 Å². The molecule has 3 rings (SSSR count). The van der Waals surface area contributed by atoms with Gasteiger partial charge in [0.2, 0.25) is 5.95 Å². The lowest BCUT2D eigenvalue weighted by molar-refractivity contribution is 0.629. The van der Waals surface area contributed by atoms with Crippen LogP contribution >= 0.6 is 11.3 Å². The van der Waals surface area contributed by atoms with Crippen molar-refractivity contribution in [2.45, 2.75) is 6.54 Å². The van der Waals surface area contributed by atoms with Crippen molar-refractivity contribution in [1.29, 1.82) is 0 Å². The van der Waals surface area contributed by atoms with Gasteiger partial charge in [-0.25, -0.2) is 9.37 Å². The molecule has 17 heavy (non-hydrogen) atoms. The van der Waals surface area contributed by atoms with E-state index in [1.807, 2.05) is 22.1 Å². The zero-order valence-electron chi connectivity index (χ0n) is 8.93. The lowest BCUT2D eigenvalue weighted by Gasteiger charge is -2.04. The Morgan fingerprint density at radius 1 is 1.35 bits per heavy atom. The highest BCUT2D eigenvalue weighted by molar-refractivity contribution is 7.09. The Labute approximate surface area is 101 Å². The maximum absolute atomic E-state index is 13.1. The van der Waals surface area contributed by atoms with Crippen molar-refractivity contribution >= 4 is 28.3 Å². The van der Waals surface area contributed by atoms with Crippen LogP contribution in [0.4, 0.5) is 10.3 Å². The number of imidazole rings is 1. The Kier molecular flexibility index (Phi) is 2.33. The number of rotatable bonds is 2. The van der Waals surface area contributed by atoms with E-state index >= 15 is 0 Å². The van der Waals surface area contributed by atoms with Gasteiger partial charge in [0.25, 0.3) is 0 Å². The molecule has 0 aliphatic heterocycles. The number of aromatic nitrogens is 2. The minimum Gasteiger partial charge on any atom is -0.369 e. The Morgan fingerprint density at radius 3 is 3.00 bits per heavy atom. The van der Waals surface area contributed by atoms with Crippen LogP contribution in [-0.2, 0) is 6.54 Å². The molecule has 2 heterocycles. The Bertz CT molecular complexity index is 658. The van der Waals surface area contributed by atoms with Crippen LogP contribution in [0, 0.1) is 5.82 Å². The van der Waals surface area contributed by atoms with Gasteiger partial charge in [0.1, 0.15) is 5.82 Å². The maximum atomic E-state index is 13.1. The minimum atomic E-state index is -0.293. The van der Waals surface area contributed by atoms with E-state index < -0.39 is 0 Å². The Morgan fingerprint density at radius 2 is 2.24 bits per heavy atom. The minimum absolute atomic E-state index is 0.293. The van der Waals surface area contributed by atoms with E-state index in [1.54, 1.807) is 17.4 Å². The van der Waals surface area contributed by atoms with Gasteiger partial charge < -0.3 is 10.3 Å². The van der Waals surface area contributed by atoms with Gasteiger partial charge in [-0.2, -0.15) is 0 Å². The monoisotopic (exact) mass is 247 g/mol. The number of nitrogens with zero attached hydrogens (tertiary/aromatic N) is 2. The Balaban J connectivity index is 2.12. The van der Waals surface area contributed by atoms with Crippen LogP contribution in [0.2, 0.25) is 0 Å². The summed E-state index contributed by atoms with van der Waals surface area (Å²) in [7, 11) is 0. The summed E-state index contributed by atoms with van der Waals surface area (Å²) in [6.45, 7) is 0.672. The van der Waals surface area contributed by atoms with E-state index in [2.05, 4.69) is 4.98 Å². The quantitative estimate of drug-likeness (QED) is 0.756. The first-order valence-corrected chi connectivity index (χ1v) is 6.05. The molecule has 0 atom stereocenters. The molecule has 0 spiro atoms. The summed E-state index contributed by atoms with van der Waals surface area (Å²) in [5.41, 5.74) is 7.31. The zero-order valence-corrected chi connectivity index (χ0v) is 9.75. The van der Waals surface area contributed by atoms with Gasteiger partial charge in [-0.15, -0.1) is 11.3 Å². The van der Waals surface area contributed by atoms with Gasteiger partial charge >= 0.3 is 0 Å². The Hall–Kier alpha value is -1.88. The lowest BCUT2D eigenvalue weighted by atomic mass is 10.3. The first kappa shape index (κ1) is 10.3. The molecule has 0 amide bonds. The molecule has 0 radical (unpaired) electrons. The van der Waals surface area contributed by atoms with E-state index in [4.69, 9.17) is 5.73 Å². The second-order valence-electron chi connectivity index (χ2n) is 3.77. The smallest absolute Gasteiger partial charge is 0.201 e. The molecular formula is C12H10FN3S. The molecule has 2 N–H and O–H groups in total. The molecule has 0 aliphatic carbocycles. The number of fused-ring (bicyclic) bond motifs is 1. The molecule has 0 fully saturated rings. The number of hydrogen-bond donors (Lipinski definition) is 1. The summed E-state index contributed by atoms with van der Waals surface area (Å²) in [6, 6.07) is 8.57. The summed E-state index contributed by atoms with van der Waals surface area (Å²) < 4.78 is 15.0. The van der Waals surface area contributed by atoms with Gasteiger partial charge in [0.15, 0.2) is 0 Å². The largest absolute Gasteiger partial charge is 0.369 e. The topological polar surface area (TPSA) is 43.8 Å². The van der Waals surface area contributed by atoms with E-state index in [0.29, 0.717) is 18.0 Å². The van der Waals surface area contributed by atoms with E-state index in [9.17, 15) is 4.39 Å². The average molecular weight is 247 g/mol. The summed E-state index contributed by atoms with van der Waals surface area (Å²) >= 11 is 1.66. The third-order valence-electron chi connectivity index (χ3n) is 2.63. The number of nitrogen functional groups attached to an aromatic ring is 1. The maximum Gasteiger partial charge on any atom is 0.201 e. The van der Waals surface area contributed by atoms with Gasteiger partial charge in [0.05, 0.1) is 17.6 Å². The highest BCUT2D eigenvalue weighted by atomic mass is 32.1. The molecule has 0 unspecified atom stereocenters. The van der Waals surface area contributed by atoms with Crippen molar-refractivity contribution in [2.24, 2.45) is 0 Å². The van der Waals surface area contributed by atoms with Crippen molar-refractivity contribution in [2.75, 3.05) is 5.73 Å². The van der Waals surface area contributed by atoms with Crippen LogP contribution in [-0.4, -0.2) is 9.55 Å². The van der Waals surface area contributed by atoms with Crippen molar-refractivity contribution in [3.63, 3.8) is 0 Å². The zero-order chi connectivity index (χ0) is 11.8. The SMILES string of the molecule is Nc1nc2cc(F)ccc2n1Cc1cccs1.